The highest BCUT2D eigenvalue weighted by Gasteiger charge is 2.31. The zero-order chi connectivity index (χ0) is 19.2. The van der Waals surface area contributed by atoms with Crippen LogP contribution in [0, 0.1) is 0 Å². The molecule has 1 aromatic carbocycles. The zero-order valence-corrected chi connectivity index (χ0v) is 18.8. The molecule has 1 unspecified atom stereocenters. The van der Waals surface area contributed by atoms with Crippen LogP contribution < -0.4 is 20.4 Å². The van der Waals surface area contributed by atoms with Crippen LogP contribution in [-0.4, -0.2) is 50.6 Å². The summed E-state index contributed by atoms with van der Waals surface area (Å²) in [7, 11) is 5.68. The van der Waals surface area contributed by atoms with E-state index in [1.165, 1.54) is 0 Å². The van der Waals surface area contributed by atoms with Crippen molar-refractivity contribution in [3.8, 4) is 0 Å². The molecule has 0 aliphatic carbocycles. The molecule has 1 saturated heterocycles. The topological polar surface area (TPSA) is 72.9 Å². The minimum absolute atomic E-state index is 0. The molecule has 1 aliphatic heterocycles. The summed E-state index contributed by atoms with van der Waals surface area (Å²) in [6, 6.07) is 13.7. The molecule has 0 radical (unpaired) electrons. The lowest BCUT2D eigenvalue weighted by atomic mass is 10.2. The van der Waals surface area contributed by atoms with Crippen LogP contribution in [0.2, 0.25) is 0 Å². The van der Waals surface area contributed by atoms with Crippen molar-refractivity contribution >= 4 is 47.3 Å². The minimum atomic E-state index is 0. The van der Waals surface area contributed by atoms with Crippen LogP contribution in [0.25, 0.3) is 0 Å². The Balaban J connectivity index is 0.00000280. The van der Waals surface area contributed by atoms with E-state index in [0.717, 1.165) is 17.1 Å². The van der Waals surface area contributed by atoms with E-state index in [1.54, 1.807) is 13.2 Å². The first-order valence-electron chi connectivity index (χ1n) is 9.02. The van der Waals surface area contributed by atoms with Crippen LogP contribution in [0.15, 0.2) is 53.7 Å². The molecule has 0 bridgehead atoms. The summed E-state index contributed by atoms with van der Waals surface area (Å²) in [5.41, 5.74) is 2.01. The Morgan fingerprint density at radius 3 is 2.68 bits per heavy atom. The molecule has 28 heavy (non-hydrogen) atoms. The van der Waals surface area contributed by atoms with E-state index in [9.17, 15) is 4.79 Å². The van der Waals surface area contributed by atoms with Crippen molar-refractivity contribution in [2.45, 2.75) is 19.0 Å². The summed E-state index contributed by atoms with van der Waals surface area (Å²) in [4.78, 5) is 24.9. The van der Waals surface area contributed by atoms with Crippen molar-refractivity contribution in [3.05, 3.63) is 54.2 Å². The maximum absolute atomic E-state index is 12.4. The predicted octanol–water partition coefficient (Wildman–Crippen LogP) is 2.24. The summed E-state index contributed by atoms with van der Waals surface area (Å²) in [6.45, 7) is 1.23. The quantitative estimate of drug-likeness (QED) is 0.379. The zero-order valence-electron chi connectivity index (χ0n) is 16.4. The number of amides is 1. The fourth-order valence-corrected chi connectivity index (χ4v) is 3.20. The second-order valence-corrected chi connectivity index (χ2v) is 6.69. The van der Waals surface area contributed by atoms with Crippen LogP contribution in [-0.2, 0) is 11.3 Å². The number of rotatable bonds is 5. The Morgan fingerprint density at radius 1 is 1.25 bits per heavy atom. The molecule has 2 aromatic rings. The molecule has 3 rings (SSSR count). The predicted molar refractivity (Wildman–Crippen MR) is 125 cm³/mol. The molecular formula is C20H27IN6O. The number of pyridine rings is 1. The van der Waals surface area contributed by atoms with Gasteiger partial charge in [-0.1, -0.05) is 24.3 Å². The van der Waals surface area contributed by atoms with Gasteiger partial charge < -0.3 is 20.4 Å². The molecule has 1 atom stereocenters. The van der Waals surface area contributed by atoms with Gasteiger partial charge in [-0.25, -0.2) is 4.98 Å². The third-order valence-electron chi connectivity index (χ3n) is 4.49. The number of hydrogen-bond donors (Lipinski definition) is 2. The lowest BCUT2D eigenvalue weighted by Gasteiger charge is -2.20. The normalized spacial score (nSPS) is 16.5. The molecule has 0 saturated carbocycles. The standard InChI is InChI=1S/C20H26N6O.HI/c1-21-20(23-13-15-8-7-11-22-19(15)25(2)3)24-16-12-18(27)26(14-16)17-9-5-4-6-10-17;/h4-11,16H,12-14H2,1-3H3,(H2,21,23,24);1H. The Bertz CT molecular complexity index is 811. The first kappa shape index (κ1) is 21.9. The molecule has 2 N–H and O–H groups in total. The first-order chi connectivity index (χ1) is 13.1. The van der Waals surface area contributed by atoms with Gasteiger partial charge >= 0.3 is 0 Å². The van der Waals surface area contributed by atoms with Gasteiger partial charge in [0.1, 0.15) is 5.82 Å². The molecule has 1 aliphatic rings. The van der Waals surface area contributed by atoms with Gasteiger partial charge in [0.2, 0.25) is 5.91 Å². The van der Waals surface area contributed by atoms with Crippen LogP contribution >= 0.6 is 24.0 Å². The van der Waals surface area contributed by atoms with Gasteiger partial charge in [-0.05, 0) is 18.2 Å². The number of guanidine groups is 1. The molecule has 0 spiro atoms. The Labute approximate surface area is 183 Å². The van der Waals surface area contributed by atoms with Gasteiger partial charge in [0.05, 0.1) is 6.04 Å². The van der Waals surface area contributed by atoms with E-state index < -0.39 is 0 Å². The van der Waals surface area contributed by atoms with Crippen LogP contribution in [0.4, 0.5) is 11.5 Å². The summed E-state index contributed by atoms with van der Waals surface area (Å²) in [5.74, 6) is 1.72. The molecule has 2 heterocycles. The highest BCUT2D eigenvalue weighted by molar-refractivity contribution is 14.0. The number of carbonyl (C=O) groups excluding carboxylic acids is 1. The van der Waals surface area contributed by atoms with Crippen molar-refractivity contribution in [2.24, 2.45) is 4.99 Å². The Kier molecular flexibility index (Phi) is 8.04. The Hall–Kier alpha value is -2.36. The summed E-state index contributed by atoms with van der Waals surface area (Å²) in [6.07, 6.45) is 2.24. The van der Waals surface area contributed by atoms with E-state index in [2.05, 4.69) is 20.6 Å². The fourth-order valence-electron chi connectivity index (χ4n) is 3.20. The number of aromatic nitrogens is 1. The fraction of sp³-hybridized carbons (Fsp3) is 0.350. The van der Waals surface area contributed by atoms with Gasteiger partial charge in [-0.2, -0.15) is 0 Å². The number of hydrogen-bond acceptors (Lipinski definition) is 4. The van der Waals surface area contributed by atoms with Crippen LogP contribution in [0.5, 0.6) is 0 Å². The number of nitrogens with zero attached hydrogens (tertiary/aromatic N) is 4. The van der Waals surface area contributed by atoms with Gasteiger partial charge in [0.25, 0.3) is 0 Å². The molecule has 7 nitrogen and oxygen atoms in total. The van der Waals surface area contributed by atoms with Crippen LogP contribution in [0.3, 0.4) is 0 Å². The largest absolute Gasteiger partial charge is 0.362 e. The SMILES string of the molecule is CN=C(NCc1cccnc1N(C)C)NC1CC(=O)N(c2ccccc2)C1.I. The smallest absolute Gasteiger partial charge is 0.229 e. The van der Waals surface area contributed by atoms with E-state index >= 15 is 0 Å². The summed E-state index contributed by atoms with van der Waals surface area (Å²) >= 11 is 0. The molecule has 1 amide bonds. The van der Waals surface area contributed by atoms with Crippen molar-refractivity contribution in [1.29, 1.82) is 0 Å². The molecule has 8 heteroatoms. The second-order valence-electron chi connectivity index (χ2n) is 6.69. The average Bonchev–Trinajstić information content (AvgIpc) is 3.06. The molecule has 1 aromatic heterocycles. The monoisotopic (exact) mass is 494 g/mol. The molecule has 1 fully saturated rings. The Morgan fingerprint density at radius 2 is 2.00 bits per heavy atom. The summed E-state index contributed by atoms with van der Waals surface area (Å²) < 4.78 is 0. The lowest BCUT2D eigenvalue weighted by molar-refractivity contribution is -0.117. The van der Waals surface area contributed by atoms with E-state index in [0.29, 0.717) is 25.5 Å². The number of aliphatic imine (C=N–C) groups is 1. The van der Waals surface area contributed by atoms with E-state index in [-0.39, 0.29) is 35.9 Å². The van der Waals surface area contributed by atoms with E-state index in [1.807, 2.05) is 66.4 Å². The highest BCUT2D eigenvalue weighted by atomic mass is 127. The maximum Gasteiger partial charge on any atom is 0.229 e. The second kappa shape index (κ2) is 10.3. The minimum Gasteiger partial charge on any atom is -0.362 e. The van der Waals surface area contributed by atoms with E-state index in [4.69, 9.17) is 0 Å². The van der Waals surface area contributed by atoms with Crippen molar-refractivity contribution < 1.29 is 4.79 Å². The first-order valence-corrected chi connectivity index (χ1v) is 9.02. The number of anilines is 2. The molecular weight excluding hydrogens is 467 g/mol. The maximum atomic E-state index is 12.4. The van der Waals surface area contributed by atoms with Crippen LogP contribution in [0.1, 0.15) is 12.0 Å². The average molecular weight is 494 g/mol. The van der Waals surface area contributed by atoms with Crippen molar-refractivity contribution in [2.75, 3.05) is 37.5 Å². The van der Waals surface area contributed by atoms with Crippen molar-refractivity contribution in [1.82, 2.24) is 15.6 Å². The van der Waals surface area contributed by atoms with Gasteiger partial charge in [0, 0.05) is 58.1 Å². The number of benzene rings is 1. The third-order valence-corrected chi connectivity index (χ3v) is 4.49. The number of nitrogens with one attached hydrogen (secondary N) is 2. The number of halogens is 1. The van der Waals surface area contributed by atoms with Gasteiger partial charge in [0.15, 0.2) is 5.96 Å². The lowest BCUT2D eigenvalue weighted by Crippen LogP contribution is -2.44. The van der Waals surface area contributed by atoms with Gasteiger partial charge in [-0.3, -0.25) is 9.79 Å². The molecule has 150 valence electrons. The number of carbonyl (C=O) groups is 1. The third kappa shape index (κ3) is 5.34. The highest BCUT2D eigenvalue weighted by Crippen LogP contribution is 2.21. The van der Waals surface area contributed by atoms with Gasteiger partial charge in [-0.15, -0.1) is 24.0 Å². The summed E-state index contributed by atoms with van der Waals surface area (Å²) in [5, 5.41) is 6.68. The van der Waals surface area contributed by atoms with Crippen molar-refractivity contribution in [3.63, 3.8) is 0 Å². The number of para-hydroxylation sites is 1.